The fourth-order valence-corrected chi connectivity index (χ4v) is 3.66. The molecule has 0 aliphatic carbocycles. The largest absolute Gasteiger partial charge is 0.489 e. The molecule has 2 aromatic heterocycles. The smallest absolute Gasteiger partial charge is 0.310 e. The molecule has 0 saturated carbocycles. The maximum Gasteiger partial charge on any atom is 0.310 e. The Balaban J connectivity index is 0.00000115. The molecule has 0 bridgehead atoms. The normalized spacial score (nSPS) is 11.5. The van der Waals surface area contributed by atoms with Crippen LogP contribution in [0, 0.1) is 0 Å². The molecule has 0 spiro atoms. The van der Waals surface area contributed by atoms with Crippen LogP contribution in [-0.4, -0.2) is 29.6 Å². The van der Waals surface area contributed by atoms with Crippen LogP contribution in [0.2, 0.25) is 0 Å². The number of hydrogen-bond acceptors (Lipinski definition) is 6. The molecular weight excluding hydrogens is 506 g/mol. The summed E-state index contributed by atoms with van der Waals surface area (Å²) in [6.45, 7) is 1.71. The third-order valence-electron chi connectivity index (χ3n) is 5.26. The molecule has 2 N–H and O–H groups in total. The maximum absolute atomic E-state index is 13.1. The topological polar surface area (TPSA) is 87.6 Å². The Morgan fingerprint density at radius 2 is 1.94 bits per heavy atom. The predicted octanol–water partition coefficient (Wildman–Crippen LogP) is 6.57. The molecule has 2 aromatic carbocycles. The second-order valence-corrected chi connectivity index (χ2v) is 8.50. The van der Waals surface area contributed by atoms with Gasteiger partial charge in [-0.3, -0.25) is 9.78 Å². The summed E-state index contributed by atoms with van der Waals surface area (Å²) in [6, 6.07) is 16.1. The summed E-state index contributed by atoms with van der Waals surface area (Å²) in [6.07, 6.45) is 3.39. The van der Waals surface area contributed by atoms with Gasteiger partial charge < -0.3 is 19.6 Å². The van der Waals surface area contributed by atoms with Gasteiger partial charge >= 0.3 is 5.97 Å². The molecule has 190 valence electrons. The van der Waals surface area contributed by atoms with Crippen molar-refractivity contribution >= 4 is 40.1 Å². The van der Waals surface area contributed by atoms with E-state index in [-0.39, 0.29) is 24.3 Å². The van der Waals surface area contributed by atoms with E-state index in [4.69, 9.17) is 42.8 Å². The quantitative estimate of drug-likeness (QED) is 0.193. The predicted molar refractivity (Wildman–Crippen MR) is 140 cm³/mol. The van der Waals surface area contributed by atoms with Crippen molar-refractivity contribution in [1.82, 2.24) is 4.98 Å². The van der Waals surface area contributed by atoms with E-state index < -0.39 is 12.7 Å². The number of nitrogens with zero attached hydrogens (tertiary/aromatic N) is 1. The van der Waals surface area contributed by atoms with Crippen LogP contribution < -0.4 is 10.5 Å². The summed E-state index contributed by atoms with van der Waals surface area (Å²) in [5.41, 5.74) is 10.4. The standard InChI is InChI=1S/C26H25FN2O4.CH2Cl2/c1-2-31-25(30)14-19-5-3-4-6-24(19)33-16-17-11-20-8-10-32-26(20)21(12-17)18-7-9-29-23(13-18)22(28)15-27;2-1-3/h3-13,22H,2,14-16,28H2,1H3;1H2. The van der Waals surface area contributed by atoms with Crippen LogP contribution in [-0.2, 0) is 22.6 Å². The zero-order chi connectivity index (χ0) is 25.9. The Bertz CT molecular complexity index is 1280. The summed E-state index contributed by atoms with van der Waals surface area (Å²) in [4.78, 5) is 16.1. The number of furan rings is 1. The molecule has 0 radical (unpaired) electrons. The minimum Gasteiger partial charge on any atom is -0.489 e. The zero-order valence-electron chi connectivity index (χ0n) is 19.8. The summed E-state index contributed by atoms with van der Waals surface area (Å²) >= 11 is 9.53. The fourth-order valence-electron chi connectivity index (χ4n) is 3.66. The average molecular weight is 533 g/mol. The summed E-state index contributed by atoms with van der Waals surface area (Å²) in [5.74, 6) is 0.329. The second-order valence-electron chi connectivity index (χ2n) is 7.69. The monoisotopic (exact) mass is 532 g/mol. The van der Waals surface area contributed by atoms with E-state index in [1.807, 2.05) is 48.5 Å². The Kier molecular flexibility index (Phi) is 10.5. The number of nitrogens with two attached hydrogens (primary N) is 1. The number of pyridine rings is 1. The molecule has 0 saturated heterocycles. The Hall–Kier alpha value is -3.13. The van der Waals surface area contributed by atoms with E-state index in [2.05, 4.69) is 4.98 Å². The van der Waals surface area contributed by atoms with Crippen LogP contribution in [0.4, 0.5) is 4.39 Å². The molecule has 4 rings (SSSR count). The first kappa shape index (κ1) is 27.5. The van der Waals surface area contributed by atoms with Crippen molar-refractivity contribution in [2.75, 3.05) is 18.6 Å². The molecular formula is C27H27Cl2FN2O4. The number of benzene rings is 2. The lowest BCUT2D eigenvalue weighted by Gasteiger charge is -2.13. The van der Waals surface area contributed by atoms with Gasteiger partial charge in [-0.2, -0.15) is 0 Å². The number of para-hydroxylation sites is 1. The van der Waals surface area contributed by atoms with Gasteiger partial charge in [0.2, 0.25) is 0 Å². The van der Waals surface area contributed by atoms with Gasteiger partial charge in [0.15, 0.2) is 0 Å². The van der Waals surface area contributed by atoms with E-state index in [0.29, 0.717) is 23.6 Å². The second kappa shape index (κ2) is 13.8. The first-order chi connectivity index (χ1) is 17.5. The van der Waals surface area contributed by atoms with Crippen LogP contribution in [0.3, 0.4) is 0 Å². The van der Waals surface area contributed by atoms with E-state index in [0.717, 1.165) is 27.6 Å². The van der Waals surface area contributed by atoms with Crippen LogP contribution in [0.15, 0.2) is 71.5 Å². The molecule has 1 atom stereocenters. The van der Waals surface area contributed by atoms with Crippen LogP contribution in [0.25, 0.3) is 22.1 Å². The van der Waals surface area contributed by atoms with Crippen LogP contribution in [0.5, 0.6) is 5.75 Å². The lowest BCUT2D eigenvalue weighted by molar-refractivity contribution is -0.142. The fraction of sp³-hybridized carbons (Fsp3) is 0.259. The number of halogens is 3. The maximum atomic E-state index is 13.1. The van der Waals surface area contributed by atoms with Crippen LogP contribution in [0.1, 0.15) is 29.8 Å². The van der Waals surface area contributed by atoms with Crippen molar-refractivity contribution < 1.29 is 23.1 Å². The number of carbonyl (C=O) groups is 1. The molecule has 0 aliphatic rings. The van der Waals surface area contributed by atoms with E-state index in [1.165, 1.54) is 0 Å². The van der Waals surface area contributed by atoms with E-state index in [9.17, 15) is 9.18 Å². The lowest BCUT2D eigenvalue weighted by atomic mass is 10.00. The number of rotatable bonds is 9. The highest BCUT2D eigenvalue weighted by molar-refractivity contribution is 6.40. The number of carbonyl (C=O) groups excluding carboxylic acids is 1. The Morgan fingerprint density at radius 1 is 1.17 bits per heavy atom. The minimum absolute atomic E-state index is 0.144. The minimum atomic E-state index is -0.778. The van der Waals surface area contributed by atoms with Crippen molar-refractivity contribution in [2.24, 2.45) is 5.73 Å². The Labute approximate surface area is 219 Å². The number of ether oxygens (including phenoxy) is 2. The lowest BCUT2D eigenvalue weighted by Crippen LogP contribution is -2.13. The van der Waals surface area contributed by atoms with E-state index in [1.54, 1.807) is 25.5 Å². The van der Waals surface area contributed by atoms with Gasteiger partial charge in [0, 0.05) is 22.7 Å². The third-order valence-corrected chi connectivity index (χ3v) is 5.26. The van der Waals surface area contributed by atoms with E-state index >= 15 is 0 Å². The molecule has 4 aromatic rings. The van der Waals surface area contributed by atoms with Crippen molar-refractivity contribution in [1.29, 1.82) is 0 Å². The first-order valence-electron chi connectivity index (χ1n) is 11.3. The summed E-state index contributed by atoms with van der Waals surface area (Å²) in [5, 5.41) is 1.11. The van der Waals surface area contributed by atoms with Gasteiger partial charge in [-0.05, 0) is 54.4 Å². The van der Waals surface area contributed by atoms with Crippen molar-refractivity contribution in [3.8, 4) is 16.9 Å². The van der Waals surface area contributed by atoms with Crippen molar-refractivity contribution in [3.63, 3.8) is 0 Å². The van der Waals surface area contributed by atoms with Crippen molar-refractivity contribution in [2.45, 2.75) is 26.0 Å². The summed E-state index contributed by atoms with van der Waals surface area (Å²) < 4.78 is 29.9. The van der Waals surface area contributed by atoms with Gasteiger partial charge in [0.1, 0.15) is 24.6 Å². The summed E-state index contributed by atoms with van der Waals surface area (Å²) in [7, 11) is 0. The molecule has 6 nitrogen and oxygen atoms in total. The molecule has 36 heavy (non-hydrogen) atoms. The van der Waals surface area contributed by atoms with Crippen molar-refractivity contribution in [3.05, 3.63) is 83.9 Å². The number of hydrogen-bond donors (Lipinski definition) is 1. The number of fused-ring (bicyclic) bond motifs is 1. The highest BCUT2D eigenvalue weighted by Crippen LogP contribution is 2.32. The van der Waals surface area contributed by atoms with Crippen LogP contribution >= 0.6 is 23.2 Å². The molecule has 0 amide bonds. The number of esters is 1. The molecule has 2 heterocycles. The SMILES string of the molecule is CCOC(=O)Cc1ccccc1OCc1cc(-c2ccnc(C(N)CF)c2)c2occc2c1.ClCCl. The van der Waals surface area contributed by atoms with Gasteiger partial charge in [0.25, 0.3) is 0 Å². The van der Waals surface area contributed by atoms with Gasteiger partial charge in [-0.25, -0.2) is 4.39 Å². The Morgan fingerprint density at radius 3 is 2.69 bits per heavy atom. The highest BCUT2D eigenvalue weighted by Gasteiger charge is 2.14. The third kappa shape index (κ3) is 7.20. The number of aromatic nitrogens is 1. The highest BCUT2D eigenvalue weighted by atomic mass is 35.5. The molecule has 1 unspecified atom stereocenters. The number of alkyl halides is 3. The average Bonchev–Trinajstić information content (AvgIpc) is 3.36. The zero-order valence-corrected chi connectivity index (χ0v) is 21.3. The molecule has 0 fully saturated rings. The molecule has 9 heteroatoms. The van der Waals surface area contributed by atoms with Gasteiger partial charge in [-0.15, -0.1) is 23.2 Å². The van der Waals surface area contributed by atoms with Gasteiger partial charge in [0.05, 0.1) is 36.4 Å². The first-order valence-corrected chi connectivity index (χ1v) is 12.3. The molecule has 0 aliphatic heterocycles. The van der Waals surface area contributed by atoms with Gasteiger partial charge in [-0.1, -0.05) is 18.2 Å².